The molecule has 0 bridgehead atoms. The van der Waals surface area contributed by atoms with Crippen molar-refractivity contribution in [3.05, 3.63) is 34.7 Å². The van der Waals surface area contributed by atoms with Crippen LogP contribution in [0.15, 0.2) is 24.3 Å². The molecule has 0 amide bonds. The van der Waals surface area contributed by atoms with Crippen LogP contribution in [-0.4, -0.2) is 5.11 Å². The molecule has 0 radical (unpaired) electrons. The Morgan fingerprint density at radius 2 is 1.50 bits per heavy atom. The quantitative estimate of drug-likeness (QED) is 0.614. The van der Waals surface area contributed by atoms with Crippen molar-refractivity contribution < 1.29 is 5.11 Å². The van der Waals surface area contributed by atoms with Gasteiger partial charge in [-0.25, -0.2) is 0 Å². The predicted molar refractivity (Wildman–Crippen MR) is 52.2 cm³/mol. The Morgan fingerprint density at radius 1 is 1.00 bits per heavy atom. The molecule has 0 saturated carbocycles. The lowest BCUT2D eigenvalue weighted by atomic mass is 10.1. The van der Waals surface area contributed by atoms with Crippen molar-refractivity contribution in [2.24, 2.45) is 0 Å². The zero-order valence-corrected chi connectivity index (χ0v) is 7.76. The second kappa shape index (κ2) is 3.44. The topological polar surface area (TPSA) is 20.2 Å². The highest BCUT2D eigenvalue weighted by Gasteiger charge is 1.89. The highest BCUT2D eigenvalue weighted by molar-refractivity contribution is 5.43. The van der Waals surface area contributed by atoms with Crippen molar-refractivity contribution in [2.75, 3.05) is 0 Å². The summed E-state index contributed by atoms with van der Waals surface area (Å²) in [7, 11) is 0. The molecular weight excluding hydrogens is 148 g/mol. The van der Waals surface area contributed by atoms with Gasteiger partial charge in [0.05, 0.1) is 5.76 Å². The molecule has 0 aliphatic heterocycles. The SMILES string of the molecule is CC(C)=c1cccc/c1=C(/C)O. The van der Waals surface area contributed by atoms with Crippen LogP contribution in [-0.2, 0) is 0 Å². The minimum atomic E-state index is 0.381. The number of hydrogen-bond acceptors (Lipinski definition) is 1. The summed E-state index contributed by atoms with van der Waals surface area (Å²) in [5.41, 5.74) is 1.22. The Bertz CT molecular complexity index is 341. The molecule has 0 fully saturated rings. The second-order valence-corrected chi connectivity index (χ2v) is 3.13. The highest BCUT2D eigenvalue weighted by atomic mass is 16.3. The van der Waals surface area contributed by atoms with Crippen LogP contribution in [0, 0.1) is 0 Å². The van der Waals surface area contributed by atoms with E-state index in [1.54, 1.807) is 6.92 Å². The molecule has 1 rings (SSSR count). The van der Waals surface area contributed by atoms with Gasteiger partial charge in [-0.3, -0.25) is 0 Å². The molecule has 1 nitrogen and oxygen atoms in total. The molecule has 0 aromatic heterocycles. The number of benzene rings is 1. The summed E-state index contributed by atoms with van der Waals surface area (Å²) in [4.78, 5) is 0. The van der Waals surface area contributed by atoms with Crippen molar-refractivity contribution in [3.8, 4) is 0 Å². The van der Waals surface area contributed by atoms with Crippen LogP contribution in [0.3, 0.4) is 0 Å². The molecule has 1 N–H and O–H groups in total. The van der Waals surface area contributed by atoms with Gasteiger partial charge < -0.3 is 5.11 Å². The van der Waals surface area contributed by atoms with Crippen molar-refractivity contribution in [3.63, 3.8) is 0 Å². The summed E-state index contributed by atoms with van der Waals surface area (Å²) in [6.45, 7) is 5.80. The normalized spacial score (nSPS) is 12.6. The number of hydrogen-bond donors (Lipinski definition) is 1. The number of rotatable bonds is 0. The fraction of sp³-hybridized carbons (Fsp3) is 0.273. The van der Waals surface area contributed by atoms with E-state index in [-0.39, 0.29) is 0 Å². The maximum absolute atomic E-state index is 9.36. The second-order valence-electron chi connectivity index (χ2n) is 3.13. The van der Waals surface area contributed by atoms with Gasteiger partial charge in [-0.15, -0.1) is 0 Å². The summed E-state index contributed by atoms with van der Waals surface area (Å²) in [5, 5.41) is 11.4. The van der Waals surface area contributed by atoms with Crippen LogP contribution in [0.25, 0.3) is 11.3 Å². The molecule has 0 atom stereocenters. The molecule has 64 valence electrons. The van der Waals surface area contributed by atoms with Gasteiger partial charge in [0.2, 0.25) is 0 Å². The van der Waals surface area contributed by atoms with Crippen LogP contribution >= 0.6 is 0 Å². The average Bonchev–Trinajstić information content (AvgIpc) is 2.04. The Balaban J connectivity index is 3.75. The lowest BCUT2D eigenvalue weighted by molar-refractivity contribution is 0.498. The Morgan fingerprint density at radius 3 is 1.83 bits per heavy atom. The Labute approximate surface area is 72.7 Å². The van der Waals surface area contributed by atoms with Gasteiger partial charge in [0, 0.05) is 5.22 Å². The Kier molecular flexibility index (Phi) is 2.54. The minimum absolute atomic E-state index is 0.381. The first-order valence-electron chi connectivity index (χ1n) is 4.05. The minimum Gasteiger partial charge on any atom is -0.512 e. The van der Waals surface area contributed by atoms with Crippen LogP contribution < -0.4 is 10.4 Å². The highest BCUT2D eigenvalue weighted by Crippen LogP contribution is 1.85. The lowest BCUT2D eigenvalue weighted by Crippen LogP contribution is -2.27. The summed E-state index contributed by atoms with van der Waals surface area (Å²) >= 11 is 0. The standard InChI is InChI=1S/C11H14O/c1-8(2)10-6-4-5-7-11(10)9(3)12/h4-7,12H,1-3H3/b11-9+. The van der Waals surface area contributed by atoms with Crippen LogP contribution in [0.5, 0.6) is 0 Å². The third kappa shape index (κ3) is 1.67. The van der Waals surface area contributed by atoms with E-state index in [0.29, 0.717) is 5.76 Å². The van der Waals surface area contributed by atoms with E-state index in [0.717, 1.165) is 10.4 Å². The third-order valence-electron chi connectivity index (χ3n) is 1.86. The fourth-order valence-electron chi connectivity index (χ4n) is 1.23. The summed E-state index contributed by atoms with van der Waals surface area (Å²) < 4.78 is 0. The van der Waals surface area contributed by atoms with E-state index < -0.39 is 0 Å². The van der Waals surface area contributed by atoms with E-state index in [9.17, 15) is 5.11 Å². The predicted octanol–water partition coefficient (Wildman–Crippen LogP) is 1.56. The lowest BCUT2D eigenvalue weighted by Gasteiger charge is -1.94. The Hall–Kier alpha value is -1.24. The first-order chi connectivity index (χ1) is 5.63. The van der Waals surface area contributed by atoms with E-state index in [2.05, 4.69) is 0 Å². The van der Waals surface area contributed by atoms with E-state index >= 15 is 0 Å². The molecule has 1 aromatic rings. The van der Waals surface area contributed by atoms with Gasteiger partial charge in [0.1, 0.15) is 0 Å². The molecule has 0 aliphatic carbocycles. The van der Waals surface area contributed by atoms with E-state index in [1.165, 1.54) is 5.57 Å². The van der Waals surface area contributed by atoms with Gasteiger partial charge in [-0.05, 0) is 26.0 Å². The van der Waals surface area contributed by atoms with E-state index in [4.69, 9.17) is 0 Å². The monoisotopic (exact) mass is 162 g/mol. The van der Waals surface area contributed by atoms with Crippen molar-refractivity contribution >= 4 is 11.3 Å². The van der Waals surface area contributed by atoms with Gasteiger partial charge in [0.25, 0.3) is 0 Å². The molecule has 0 heterocycles. The maximum atomic E-state index is 9.36. The number of aliphatic hydroxyl groups excluding tert-OH is 1. The number of aliphatic hydroxyl groups is 1. The maximum Gasteiger partial charge on any atom is 0.0969 e. The van der Waals surface area contributed by atoms with Gasteiger partial charge in [-0.1, -0.05) is 29.8 Å². The molecule has 0 spiro atoms. The van der Waals surface area contributed by atoms with Gasteiger partial charge in [-0.2, -0.15) is 0 Å². The van der Waals surface area contributed by atoms with Gasteiger partial charge >= 0.3 is 0 Å². The van der Waals surface area contributed by atoms with Crippen molar-refractivity contribution in [2.45, 2.75) is 20.8 Å². The summed E-state index contributed by atoms with van der Waals surface area (Å²) in [6, 6.07) is 7.86. The van der Waals surface area contributed by atoms with Crippen LogP contribution in [0.2, 0.25) is 0 Å². The van der Waals surface area contributed by atoms with Gasteiger partial charge in [0.15, 0.2) is 0 Å². The molecule has 1 aromatic carbocycles. The molecule has 12 heavy (non-hydrogen) atoms. The molecule has 1 heteroatoms. The summed E-state index contributed by atoms with van der Waals surface area (Å²) in [6.07, 6.45) is 0. The smallest absolute Gasteiger partial charge is 0.0969 e. The van der Waals surface area contributed by atoms with Crippen LogP contribution in [0.4, 0.5) is 0 Å². The fourth-order valence-corrected chi connectivity index (χ4v) is 1.23. The molecule has 0 aliphatic rings. The van der Waals surface area contributed by atoms with E-state index in [1.807, 2.05) is 38.1 Å². The molecule has 0 unspecified atom stereocenters. The van der Waals surface area contributed by atoms with Crippen molar-refractivity contribution in [1.82, 2.24) is 0 Å². The molecule has 0 saturated heterocycles. The molecular formula is C11H14O. The first-order valence-corrected chi connectivity index (χ1v) is 4.05. The zero-order valence-electron chi connectivity index (χ0n) is 7.76. The first kappa shape index (κ1) is 8.85. The summed E-state index contributed by atoms with van der Waals surface area (Å²) in [5.74, 6) is 0.381. The largest absolute Gasteiger partial charge is 0.512 e. The third-order valence-corrected chi connectivity index (χ3v) is 1.86. The zero-order chi connectivity index (χ0) is 9.14. The average molecular weight is 162 g/mol. The van der Waals surface area contributed by atoms with Crippen molar-refractivity contribution in [1.29, 1.82) is 0 Å². The van der Waals surface area contributed by atoms with Crippen LogP contribution in [0.1, 0.15) is 20.8 Å².